The zero-order valence-electron chi connectivity index (χ0n) is 86.1. The summed E-state index contributed by atoms with van der Waals surface area (Å²) in [5.41, 5.74) is 34.4. The molecule has 0 saturated carbocycles. The summed E-state index contributed by atoms with van der Waals surface area (Å²) < 4.78 is 67.8. The van der Waals surface area contributed by atoms with E-state index in [1.165, 1.54) is 149 Å². The quantitative estimate of drug-likeness (QED) is 0.109. The molecule has 0 bridgehead atoms. The first kappa shape index (κ1) is 95.0. The summed E-state index contributed by atoms with van der Waals surface area (Å²) in [4.78, 5) is 54.9. The second-order valence-electron chi connectivity index (χ2n) is 40.4. The van der Waals surface area contributed by atoms with Gasteiger partial charge in [-0.25, -0.2) is 15.0 Å². The number of fused-ring (bicyclic) bond motifs is 20. The number of benzene rings is 10. The van der Waals surface area contributed by atoms with Crippen molar-refractivity contribution >= 4 is 188 Å². The van der Waals surface area contributed by atoms with Crippen molar-refractivity contribution in [3.8, 4) is 17.2 Å². The fourth-order valence-electron chi connectivity index (χ4n) is 23.9. The summed E-state index contributed by atoms with van der Waals surface area (Å²) in [5.74, 6) is 3.73. The number of rotatable bonds is 13. The van der Waals surface area contributed by atoms with Crippen LogP contribution in [0.5, 0.6) is 17.2 Å². The minimum absolute atomic E-state index is 0.694. The van der Waals surface area contributed by atoms with Crippen molar-refractivity contribution < 1.29 is 46.7 Å². The van der Waals surface area contributed by atoms with E-state index in [1.807, 2.05) is 18.2 Å². The lowest BCUT2D eigenvalue weighted by molar-refractivity contribution is 0.120. The fourth-order valence-corrected chi connectivity index (χ4v) is 25.9. The van der Waals surface area contributed by atoms with Crippen molar-refractivity contribution in [2.24, 2.45) is 28.2 Å². The second-order valence-corrected chi connectivity index (χ2v) is 42.5. The van der Waals surface area contributed by atoms with Gasteiger partial charge in [0.2, 0.25) is 5.95 Å². The Bertz CT molecular complexity index is 7950. The number of para-hydroxylation sites is 2. The highest BCUT2D eigenvalue weighted by Crippen LogP contribution is 2.44. The molecular weight excluding hydrogens is 1920 g/mol. The third-order valence-corrected chi connectivity index (χ3v) is 34.4. The number of hydrogen-bond acceptors (Lipinski definition) is 27. The van der Waals surface area contributed by atoms with Crippen molar-refractivity contribution in [1.29, 1.82) is 0 Å². The fraction of sp³-hybridized carbons (Fsp3) is 0.359. The van der Waals surface area contributed by atoms with Gasteiger partial charge in [-0.15, -0.1) is 0 Å². The highest BCUT2D eigenvalue weighted by atomic mass is 32.1. The van der Waals surface area contributed by atoms with Gasteiger partial charge in [0.1, 0.15) is 28.3 Å². The maximum atomic E-state index is 6.17. The molecule has 31 nitrogen and oxygen atoms in total. The third kappa shape index (κ3) is 18.2. The van der Waals surface area contributed by atoms with Crippen LogP contribution >= 0.6 is 22.7 Å². The topological polar surface area (TPSA) is 248 Å². The standard InChI is InChI=1S/C24H26N4O3.2C24H26N4O2S.C23H25N5O.C22H22N4O2/c2*1-26-21-5-4-17(29-2)14-19(21)18-7-8-28(15-22(18)26)16-3-6-23-20(13-16)25-24(31-23)27-9-11-30-12-10-27;1-26-21-6-4-17(29-2)14-19(21)18-7-8-28(15-22(18)26)16-3-5-20-23(13-16)31-24(25-20)27-9-11-30-12-10-27;1-26-21-5-3-2-4-17(21)18-8-9-28(15-22(18)26)23-24-19-7-6-16(14-20(19)25-23)27-10-12-29-13-11-27;1-2-4-18-16(3-1)17-7-8-26(14-20(17)23-18)22-24-19-6-5-15(13-21(19)28-22)25-9-11-27-12-10-25/h3*3-6,13-14H,7-12,15H2,1-2H3;2-7,14H,8-13,15H2,1H3,(H,24,25);1-6,13,23H,7-12,14H2. The van der Waals surface area contributed by atoms with Crippen molar-refractivity contribution in [3.63, 3.8) is 0 Å². The SMILES string of the molecule is COc1ccc2c(c1)c1c(n2C)CN(c2ccc3nc(N4CCOCC4)sc3c2)CC1.COc1ccc2c(c1)c1c(n2C)CN(c2ccc3oc(N4CCOCC4)nc3c2)CC1.COc1ccc2c(c1)c1c(n2C)CN(c2ccc3sc(N4CCOCC4)nc3c2)CC1.Cn1c2c(c3ccccc31)CCN(c1nc3ccc(N4CCOCC4)cc3[nH]1)C2.c1ccc2c3c([nH]c2c1)CN(c1nc2ccc(N4CCOCC4)cc2o1)CC3. The Hall–Kier alpha value is -14.7. The van der Waals surface area contributed by atoms with Gasteiger partial charge in [0.25, 0.3) is 12.0 Å². The Labute approximate surface area is 877 Å². The van der Waals surface area contributed by atoms with Crippen LogP contribution in [-0.2, 0) is 117 Å². The van der Waals surface area contributed by atoms with Gasteiger partial charge in [0.15, 0.2) is 21.4 Å². The van der Waals surface area contributed by atoms with E-state index in [9.17, 15) is 0 Å². The van der Waals surface area contributed by atoms with E-state index >= 15 is 0 Å². The molecule has 33 heteroatoms. The van der Waals surface area contributed by atoms with E-state index in [0.717, 1.165) is 307 Å². The first-order valence-corrected chi connectivity index (χ1v) is 54.5. The Morgan fingerprint density at radius 1 is 0.273 bits per heavy atom. The van der Waals surface area contributed by atoms with Crippen LogP contribution < -0.4 is 63.2 Å². The van der Waals surface area contributed by atoms with Crippen LogP contribution in [0.15, 0.2) is 203 Å². The summed E-state index contributed by atoms with van der Waals surface area (Å²) in [6, 6.07) is 70.4. The molecule has 10 aromatic carbocycles. The van der Waals surface area contributed by atoms with Gasteiger partial charge in [-0.2, -0.15) is 9.97 Å². The number of nitrogens with one attached hydrogen (secondary N) is 2. The molecule has 20 heterocycles. The number of imidazole rings is 1. The number of aromatic nitrogens is 11. The van der Waals surface area contributed by atoms with Crippen LogP contribution in [-0.4, -0.2) is 239 Å². The van der Waals surface area contributed by atoms with Gasteiger partial charge in [-0.3, -0.25) is 0 Å². The molecule has 770 valence electrons. The number of ether oxygens (including phenoxy) is 8. The highest BCUT2D eigenvalue weighted by molar-refractivity contribution is 7.22. The van der Waals surface area contributed by atoms with Crippen molar-refractivity contribution in [1.82, 2.24) is 53.2 Å². The smallest absolute Gasteiger partial charge is 0.298 e. The Kier molecular flexibility index (Phi) is 25.7. The zero-order valence-corrected chi connectivity index (χ0v) is 87.8. The Morgan fingerprint density at radius 3 is 1.24 bits per heavy atom. The third-order valence-electron chi connectivity index (χ3n) is 32.2. The number of anilines is 10. The average Bonchev–Trinajstić information content (AvgIpc) is 1.62. The summed E-state index contributed by atoms with van der Waals surface area (Å²) in [6.07, 6.45) is 5.13. The number of aryl methyl sites for hydroxylation is 4. The number of nitrogens with zero attached hydrogens (tertiary/aromatic N) is 19. The van der Waals surface area contributed by atoms with Gasteiger partial charge in [-0.1, -0.05) is 59.1 Å². The number of methoxy groups -OCH3 is 3. The Balaban J connectivity index is 0.0000000946. The number of aromatic amines is 2. The predicted octanol–water partition coefficient (Wildman–Crippen LogP) is 19.3. The lowest BCUT2D eigenvalue weighted by Crippen LogP contribution is -2.36. The molecule has 30 rings (SSSR count). The number of H-pyrrole nitrogens is 2. The summed E-state index contributed by atoms with van der Waals surface area (Å²) in [7, 11) is 13.9. The summed E-state index contributed by atoms with van der Waals surface area (Å²) in [6.45, 7) is 26.1. The Morgan fingerprint density at radius 2 is 0.680 bits per heavy atom. The molecule has 150 heavy (non-hydrogen) atoms. The van der Waals surface area contributed by atoms with Crippen LogP contribution in [0.25, 0.3) is 108 Å². The van der Waals surface area contributed by atoms with Crippen LogP contribution in [0, 0.1) is 0 Å². The van der Waals surface area contributed by atoms with E-state index in [1.54, 1.807) is 44.0 Å². The normalized spacial score (nSPS) is 17.0. The number of hydrogen-bond donors (Lipinski definition) is 2. The molecule has 20 aromatic rings. The average molecular weight is 2050 g/mol. The molecule has 0 unspecified atom stereocenters. The molecule has 5 saturated heterocycles. The van der Waals surface area contributed by atoms with E-state index in [0.29, 0.717) is 12.0 Å². The van der Waals surface area contributed by atoms with Crippen molar-refractivity contribution in [2.75, 3.05) is 235 Å². The molecule has 0 amide bonds. The molecule has 0 spiro atoms. The molecule has 5 fully saturated rings. The molecular formula is C117H125N21O10S2. The van der Waals surface area contributed by atoms with Crippen molar-refractivity contribution in [2.45, 2.75) is 64.8 Å². The predicted molar refractivity (Wildman–Crippen MR) is 602 cm³/mol. The maximum Gasteiger partial charge on any atom is 0.298 e. The minimum atomic E-state index is 0.694. The van der Waals surface area contributed by atoms with Gasteiger partial charge in [0, 0.05) is 244 Å². The van der Waals surface area contributed by atoms with E-state index < -0.39 is 0 Å². The number of morpholine rings is 5. The lowest BCUT2D eigenvalue weighted by atomic mass is 10.0. The summed E-state index contributed by atoms with van der Waals surface area (Å²) in [5, 5.41) is 8.90. The zero-order chi connectivity index (χ0) is 101. The monoisotopic (exact) mass is 2050 g/mol. The molecule has 10 aliphatic heterocycles. The molecule has 0 atom stereocenters. The van der Waals surface area contributed by atoms with Gasteiger partial charge >= 0.3 is 0 Å². The lowest BCUT2D eigenvalue weighted by Gasteiger charge is -2.30. The van der Waals surface area contributed by atoms with E-state index in [-0.39, 0.29) is 0 Å². The van der Waals surface area contributed by atoms with Gasteiger partial charge in [0.05, 0.1) is 152 Å². The van der Waals surface area contributed by atoms with E-state index in [4.69, 9.17) is 71.6 Å². The first-order chi connectivity index (χ1) is 73.7. The van der Waals surface area contributed by atoms with Crippen LogP contribution in [0.4, 0.5) is 56.7 Å². The van der Waals surface area contributed by atoms with E-state index in [2.05, 4.69) is 281 Å². The minimum Gasteiger partial charge on any atom is -0.497 e. The number of thiazole rings is 2. The first-order valence-electron chi connectivity index (χ1n) is 52.8. The maximum absolute atomic E-state index is 6.17. The molecule has 10 aromatic heterocycles. The summed E-state index contributed by atoms with van der Waals surface area (Å²) >= 11 is 3.57. The molecule has 0 aliphatic carbocycles. The molecule has 10 aliphatic rings. The van der Waals surface area contributed by atoms with Crippen LogP contribution in [0.1, 0.15) is 56.3 Å². The largest absolute Gasteiger partial charge is 0.497 e. The van der Waals surface area contributed by atoms with Crippen LogP contribution in [0.2, 0.25) is 0 Å². The van der Waals surface area contributed by atoms with Crippen LogP contribution in [0.3, 0.4) is 0 Å². The number of oxazole rings is 2. The van der Waals surface area contributed by atoms with Crippen molar-refractivity contribution in [3.05, 3.63) is 250 Å². The molecule has 0 radical (unpaired) electrons. The second kappa shape index (κ2) is 40.6. The molecule has 2 N–H and O–H groups in total. The van der Waals surface area contributed by atoms with Gasteiger partial charge < -0.3 is 124 Å². The van der Waals surface area contributed by atoms with Gasteiger partial charge in [-0.05, 0) is 212 Å². The highest BCUT2D eigenvalue weighted by Gasteiger charge is 2.34.